The number of amides is 1. The van der Waals surface area contributed by atoms with Gasteiger partial charge in [0.05, 0.1) is 27.0 Å². The summed E-state index contributed by atoms with van der Waals surface area (Å²) in [5.41, 5.74) is 1.88. The Kier molecular flexibility index (Phi) is 4.33. The molecule has 130 valence electrons. The molecule has 1 aromatic carbocycles. The van der Waals surface area contributed by atoms with Crippen LogP contribution in [0.1, 0.15) is 64.0 Å². The van der Waals surface area contributed by atoms with Crippen LogP contribution in [0.25, 0.3) is 10.2 Å². The van der Waals surface area contributed by atoms with E-state index in [1.165, 1.54) is 4.70 Å². The standard InChI is InChI=1S/C19H21N3OS2/c1-11(2)17-20-12(3)16(25-17)19(23)22-10-6-8-14(22)18-21-13-7-4-5-9-15(13)24-18/h4-5,7,9,11,14H,6,8,10H2,1-3H3/t14-/m0/s1. The first kappa shape index (κ1) is 16.7. The fourth-order valence-electron chi connectivity index (χ4n) is 3.29. The van der Waals surface area contributed by atoms with E-state index in [0.717, 1.165) is 45.5 Å². The normalized spacial score (nSPS) is 17.8. The number of carbonyl (C=O) groups is 1. The van der Waals surface area contributed by atoms with Crippen molar-refractivity contribution in [3.63, 3.8) is 0 Å². The lowest BCUT2D eigenvalue weighted by Gasteiger charge is -2.22. The third-order valence-electron chi connectivity index (χ3n) is 4.61. The summed E-state index contributed by atoms with van der Waals surface area (Å²) in [7, 11) is 0. The summed E-state index contributed by atoms with van der Waals surface area (Å²) in [6.45, 7) is 6.98. The highest BCUT2D eigenvalue weighted by Crippen LogP contribution is 2.38. The maximum Gasteiger partial charge on any atom is 0.266 e. The van der Waals surface area contributed by atoms with Crippen LogP contribution in [0.15, 0.2) is 24.3 Å². The Labute approximate surface area is 155 Å². The predicted octanol–water partition coefficient (Wildman–Crippen LogP) is 5.16. The number of benzene rings is 1. The van der Waals surface area contributed by atoms with Crippen LogP contribution >= 0.6 is 22.7 Å². The van der Waals surface area contributed by atoms with E-state index >= 15 is 0 Å². The van der Waals surface area contributed by atoms with E-state index in [9.17, 15) is 4.79 Å². The van der Waals surface area contributed by atoms with Crippen LogP contribution in [0.3, 0.4) is 0 Å². The van der Waals surface area contributed by atoms with Gasteiger partial charge in [-0.3, -0.25) is 4.79 Å². The molecule has 1 amide bonds. The molecule has 3 heterocycles. The fourth-order valence-corrected chi connectivity index (χ4v) is 5.43. The average Bonchev–Trinajstić information content (AvgIpc) is 3.31. The van der Waals surface area contributed by atoms with E-state index in [1.807, 2.05) is 30.0 Å². The molecule has 0 unspecified atom stereocenters. The Morgan fingerprint density at radius 2 is 2.04 bits per heavy atom. The summed E-state index contributed by atoms with van der Waals surface area (Å²) in [6.07, 6.45) is 2.02. The third-order valence-corrected chi connectivity index (χ3v) is 7.19. The SMILES string of the molecule is Cc1nc(C(C)C)sc1C(=O)N1CCC[C@H]1c1nc2ccccc2s1. The maximum atomic E-state index is 13.2. The Bertz CT molecular complexity index is 895. The van der Waals surface area contributed by atoms with E-state index in [4.69, 9.17) is 4.98 Å². The van der Waals surface area contributed by atoms with Crippen molar-refractivity contribution in [3.05, 3.63) is 44.9 Å². The molecule has 0 saturated carbocycles. The molecule has 6 heteroatoms. The highest BCUT2D eigenvalue weighted by molar-refractivity contribution is 7.18. The van der Waals surface area contributed by atoms with Crippen molar-refractivity contribution in [1.29, 1.82) is 0 Å². The zero-order valence-corrected chi connectivity index (χ0v) is 16.3. The predicted molar refractivity (Wildman–Crippen MR) is 104 cm³/mol. The molecule has 0 aliphatic carbocycles. The zero-order valence-electron chi connectivity index (χ0n) is 14.7. The molecule has 4 rings (SSSR count). The van der Waals surface area contributed by atoms with Crippen LogP contribution in [0, 0.1) is 6.92 Å². The first-order chi connectivity index (χ1) is 12.0. The molecule has 4 nitrogen and oxygen atoms in total. The van der Waals surface area contributed by atoms with Gasteiger partial charge in [-0.25, -0.2) is 9.97 Å². The number of aromatic nitrogens is 2. The van der Waals surface area contributed by atoms with Crippen molar-refractivity contribution in [2.24, 2.45) is 0 Å². The fraction of sp³-hybridized carbons (Fsp3) is 0.421. The third kappa shape index (κ3) is 2.98. The van der Waals surface area contributed by atoms with Crippen molar-refractivity contribution in [3.8, 4) is 0 Å². The second-order valence-corrected chi connectivity index (χ2v) is 8.89. The van der Waals surface area contributed by atoms with E-state index in [-0.39, 0.29) is 11.9 Å². The molecule has 1 fully saturated rings. The Hall–Kier alpha value is -1.79. The number of aryl methyl sites for hydroxylation is 1. The second kappa shape index (κ2) is 6.50. The molecule has 1 atom stereocenters. The summed E-state index contributed by atoms with van der Waals surface area (Å²) >= 11 is 3.25. The molecular formula is C19H21N3OS2. The zero-order chi connectivity index (χ0) is 17.6. The number of hydrogen-bond acceptors (Lipinski definition) is 5. The monoisotopic (exact) mass is 371 g/mol. The molecule has 0 radical (unpaired) electrons. The summed E-state index contributed by atoms with van der Waals surface area (Å²) < 4.78 is 1.19. The molecule has 1 aliphatic heterocycles. The number of likely N-dealkylation sites (tertiary alicyclic amines) is 1. The quantitative estimate of drug-likeness (QED) is 0.639. The number of para-hydroxylation sites is 1. The second-order valence-electron chi connectivity index (χ2n) is 6.80. The lowest BCUT2D eigenvalue weighted by atomic mass is 10.2. The minimum Gasteiger partial charge on any atom is -0.328 e. The van der Waals surface area contributed by atoms with E-state index in [0.29, 0.717) is 5.92 Å². The summed E-state index contributed by atoms with van der Waals surface area (Å²) in [5, 5.41) is 2.09. The highest BCUT2D eigenvalue weighted by Gasteiger charge is 2.34. The summed E-state index contributed by atoms with van der Waals surface area (Å²) in [4.78, 5) is 25.3. The van der Waals surface area contributed by atoms with Gasteiger partial charge in [-0.1, -0.05) is 26.0 Å². The lowest BCUT2D eigenvalue weighted by Crippen LogP contribution is -2.30. The topological polar surface area (TPSA) is 46.1 Å². The van der Waals surface area contributed by atoms with E-state index in [1.54, 1.807) is 22.7 Å². The smallest absolute Gasteiger partial charge is 0.266 e. The van der Waals surface area contributed by atoms with Crippen LogP contribution in [-0.2, 0) is 0 Å². The van der Waals surface area contributed by atoms with Crippen LogP contribution < -0.4 is 0 Å². The van der Waals surface area contributed by atoms with Crippen molar-refractivity contribution >= 4 is 38.8 Å². The van der Waals surface area contributed by atoms with Crippen molar-refractivity contribution in [1.82, 2.24) is 14.9 Å². The van der Waals surface area contributed by atoms with Gasteiger partial charge in [-0.2, -0.15) is 0 Å². The first-order valence-electron chi connectivity index (χ1n) is 8.68. The number of fused-ring (bicyclic) bond motifs is 1. The molecule has 2 aromatic heterocycles. The van der Waals surface area contributed by atoms with Crippen LogP contribution in [0.5, 0.6) is 0 Å². The number of carbonyl (C=O) groups excluding carboxylic acids is 1. The maximum absolute atomic E-state index is 13.2. The largest absolute Gasteiger partial charge is 0.328 e. The van der Waals surface area contributed by atoms with Crippen molar-refractivity contribution in [2.45, 2.75) is 45.6 Å². The molecule has 1 saturated heterocycles. The number of thiazole rings is 2. The van der Waals surface area contributed by atoms with Gasteiger partial charge in [-0.15, -0.1) is 22.7 Å². The number of hydrogen-bond donors (Lipinski definition) is 0. The van der Waals surface area contributed by atoms with Crippen LogP contribution in [0.2, 0.25) is 0 Å². The molecule has 3 aromatic rings. The molecule has 1 aliphatic rings. The van der Waals surface area contributed by atoms with Crippen LogP contribution in [0.4, 0.5) is 0 Å². The number of rotatable bonds is 3. The lowest BCUT2D eigenvalue weighted by molar-refractivity contribution is 0.0739. The van der Waals surface area contributed by atoms with E-state index in [2.05, 4.69) is 24.9 Å². The van der Waals surface area contributed by atoms with Gasteiger partial charge in [0, 0.05) is 12.5 Å². The van der Waals surface area contributed by atoms with Gasteiger partial charge in [0.2, 0.25) is 0 Å². The minimum atomic E-state index is 0.0916. The van der Waals surface area contributed by atoms with Crippen molar-refractivity contribution in [2.75, 3.05) is 6.54 Å². The molecule has 0 N–H and O–H groups in total. The Balaban J connectivity index is 1.66. The number of nitrogens with zero attached hydrogens (tertiary/aromatic N) is 3. The molecule has 0 spiro atoms. The molecular weight excluding hydrogens is 350 g/mol. The molecule has 0 bridgehead atoms. The van der Waals surface area contributed by atoms with Crippen LogP contribution in [-0.4, -0.2) is 27.3 Å². The Morgan fingerprint density at radius 3 is 2.76 bits per heavy atom. The van der Waals surface area contributed by atoms with Gasteiger partial charge in [-0.05, 0) is 31.9 Å². The molecule has 25 heavy (non-hydrogen) atoms. The van der Waals surface area contributed by atoms with Gasteiger partial charge < -0.3 is 4.90 Å². The van der Waals surface area contributed by atoms with Gasteiger partial charge in [0.1, 0.15) is 9.88 Å². The van der Waals surface area contributed by atoms with Crippen molar-refractivity contribution < 1.29 is 4.79 Å². The Morgan fingerprint density at radius 1 is 1.24 bits per heavy atom. The minimum absolute atomic E-state index is 0.0916. The highest BCUT2D eigenvalue weighted by atomic mass is 32.1. The average molecular weight is 372 g/mol. The van der Waals surface area contributed by atoms with Gasteiger partial charge in [0.15, 0.2) is 0 Å². The first-order valence-corrected chi connectivity index (χ1v) is 10.3. The van der Waals surface area contributed by atoms with Gasteiger partial charge in [0.25, 0.3) is 5.91 Å². The van der Waals surface area contributed by atoms with E-state index < -0.39 is 0 Å². The summed E-state index contributed by atoms with van der Waals surface area (Å²) in [6, 6.07) is 8.28. The summed E-state index contributed by atoms with van der Waals surface area (Å²) in [5.74, 6) is 0.465. The van der Waals surface area contributed by atoms with Gasteiger partial charge >= 0.3 is 0 Å².